The van der Waals surface area contributed by atoms with Crippen molar-refractivity contribution in [1.29, 1.82) is 0 Å². The molecule has 5 nitrogen and oxygen atoms in total. The smallest absolute Gasteiger partial charge is 0.270 e. The number of nitrogens with zero attached hydrogens (tertiary/aromatic N) is 4. The van der Waals surface area contributed by atoms with E-state index in [0.29, 0.717) is 17.0 Å². The summed E-state index contributed by atoms with van der Waals surface area (Å²) in [6.45, 7) is 3.33. The number of alkyl halides is 2. The first kappa shape index (κ1) is 21.2. The number of aryl methyl sites for hydroxylation is 1. The quantitative estimate of drug-likeness (QED) is 0.574. The summed E-state index contributed by atoms with van der Waals surface area (Å²) in [5.74, 6) is -1.85. The normalized spacial score (nSPS) is 20.0. The predicted octanol–water partition coefficient (Wildman–Crippen LogP) is 5.29. The van der Waals surface area contributed by atoms with Crippen LogP contribution in [0.4, 0.5) is 14.5 Å². The third-order valence-electron chi connectivity index (χ3n) is 6.00. The molecule has 2 aromatic carbocycles. The highest BCUT2D eigenvalue weighted by atomic mass is 19.3. The van der Waals surface area contributed by atoms with Crippen LogP contribution in [-0.2, 0) is 19.5 Å². The van der Waals surface area contributed by atoms with Crippen molar-refractivity contribution >= 4 is 11.6 Å². The van der Waals surface area contributed by atoms with E-state index in [-0.39, 0.29) is 18.0 Å². The van der Waals surface area contributed by atoms with E-state index in [1.807, 2.05) is 25.2 Å². The Morgan fingerprint density at radius 2 is 1.74 bits per heavy atom. The molecule has 1 fully saturated rings. The van der Waals surface area contributed by atoms with Crippen LogP contribution in [0.1, 0.15) is 59.7 Å². The number of carbonyl (C=O) groups is 1. The molecule has 1 amide bonds. The van der Waals surface area contributed by atoms with Crippen LogP contribution in [0.25, 0.3) is 0 Å². The molecule has 2 aliphatic rings. The minimum absolute atomic E-state index is 0.0511. The van der Waals surface area contributed by atoms with Crippen molar-refractivity contribution in [1.82, 2.24) is 14.8 Å². The van der Waals surface area contributed by atoms with Crippen molar-refractivity contribution in [3.63, 3.8) is 0 Å². The largest absolute Gasteiger partial charge is 0.323 e. The fraction of sp³-hybridized carbons (Fsp3) is 0.375. The second-order valence-electron chi connectivity index (χ2n) is 8.61. The number of aromatic nitrogens is 3. The van der Waals surface area contributed by atoms with Crippen molar-refractivity contribution in [2.75, 3.05) is 4.90 Å². The molecule has 162 valence electrons. The average Bonchev–Trinajstić information content (AvgIpc) is 3.32. The van der Waals surface area contributed by atoms with Gasteiger partial charge in [0.15, 0.2) is 0 Å². The van der Waals surface area contributed by atoms with Gasteiger partial charge in [0.1, 0.15) is 12.7 Å². The molecule has 7 heteroatoms. The highest BCUT2D eigenvalue weighted by molar-refractivity contribution is 6.10. The maximum absolute atomic E-state index is 13.9. The zero-order chi connectivity index (χ0) is 22.2. The lowest BCUT2D eigenvalue weighted by Gasteiger charge is -2.33. The van der Waals surface area contributed by atoms with E-state index in [1.54, 1.807) is 34.3 Å². The molecular weight excluding hydrogens is 398 g/mol. The topological polar surface area (TPSA) is 51.0 Å². The van der Waals surface area contributed by atoms with Gasteiger partial charge in [0.25, 0.3) is 11.8 Å². The van der Waals surface area contributed by atoms with Gasteiger partial charge < -0.3 is 9.47 Å². The van der Waals surface area contributed by atoms with Crippen LogP contribution in [0.2, 0.25) is 0 Å². The molecule has 31 heavy (non-hydrogen) atoms. The number of anilines is 1. The highest BCUT2D eigenvalue weighted by Gasteiger charge is 2.37. The van der Waals surface area contributed by atoms with Gasteiger partial charge in [0.2, 0.25) is 0 Å². The molecule has 2 heterocycles. The molecule has 3 aromatic rings. The Bertz CT molecular complexity index is 1070. The molecule has 0 bridgehead atoms. The fourth-order valence-electron chi connectivity index (χ4n) is 4.33. The van der Waals surface area contributed by atoms with Crippen LogP contribution < -0.4 is 4.90 Å². The number of hydrogen-bond donors (Lipinski definition) is 0. The maximum atomic E-state index is 13.9. The summed E-state index contributed by atoms with van der Waals surface area (Å²) in [6, 6.07) is 12.6. The van der Waals surface area contributed by atoms with Gasteiger partial charge in [-0.05, 0) is 54.0 Å². The summed E-state index contributed by atoms with van der Waals surface area (Å²) in [4.78, 5) is 14.4. The Morgan fingerprint density at radius 1 is 1.06 bits per heavy atom. The van der Waals surface area contributed by atoms with E-state index in [1.165, 1.54) is 24.5 Å². The van der Waals surface area contributed by atoms with Crippen molar-refractivity contribution in [2.45, 2.75) is 45.1 Å². The first-order valence-electron chi connectivity index (χ1n) is 10.4. The molecule has 0 saturated heterocycles. The van der Waals surface area contributed by atoms with E-state index in [4.69, 9.17) is 0 Å². The number of fused-ring (bicyclic) bond motifs is 1. The molecule has 0 atom stereocenters. The fourth-order valence-corrected chi connectivity index (χ4v) is 4.33. The van der Waals surface area contributed by atoms with Gasteiger partial charge in [0.05, 0.1) is 6.54 Å². The summed E-state index contributed by atoms with van der Waals surface area (Å²) in [5.41, 5.74) is 2.82. The van der Waals surface area contributed by atoms with Crippen LogP contribution in [0, 0.1) is 5.92 Å². The van der Waals surface area contributed by atoms with Crippen LogP contribution in [0.15, 0.2) is 55.1 Å². The van der Waals surface area contributed by atoms with Gasteiger partial charge in [-0.1, -0.05) is 31.2 Å². The molecule has 0 radical (unpaired) electrons. The number of amides is 1. The summed E-state index contributed by atoms with van der Waals surface area (Å²) in [6.07, 6.45) is 5.62. The van der Waals surface area contributed by atoms with Crippen molar-refractivity contribution < 1.29 is 13.6 Å². The van der Waals surface area contributed by atoms with Crippen LogP contribution in [0.5, 0.6) is 0 Å². The highest BCUT2D eigenvalue weighted by Crippen LogP contribution is 2.43. The number of halogens is 2. The summed E-state index contributed by atoms with van der Waals surface area (Å²) in [7, 11) is 1.88. The minimum Gasteiger partial charge on any atom is -0.323 e. The van der Waals surface area contributed by atoms with E-state index in [9.17, 15) is 13.6 Å². The molecule has 1 aliphatic heterocycles. The Hall–Kier alpha value is -3.09. The molecule has 1 aliphatic carbocycles. The average molecular weight is 424 g/mol. The molecule has 0 unspecified atom stereocenters. The van der Waals surface area contributed by atoms with E-state index >= 15 is 0 Å². The van der Waals surface area contributed by atoms with Gasteiger partial charge in [-0.2, -0.15) is 0 Å². The van der Waals surface area contributed by atoms with E-state index in [0.717, 1.165) is 18.5 Å². The van der Waals surface area contributed by atoms with E-state index < -0.39 is 5.92 Å². The minimum atomic E-state index is -2.95. The lowest BCUT2D eigenvalue weighted by molar-refractivity contribution is 0.0166. The Labute approximate surface area is 180 Å². The summed E-state index contributed by atoms with van der Waals surface area (Å²) in [5, 5.41) is 7.07. The van der Waals surface area contributed by atoms with Crippen molar-refractivity contribution in [3.8, 4) is 0 Å². The Morgan fingerprint density at radius 3 is 2.32 bits per heavy atom. The zero-order valence-corrected chi connectivity index (χ0v) is 17.9. The van der Waals surface area contributed by atoms with Gasteiger partial charge in [-0.3, -0.25) is 4.79 Å². The number of rotatable bonds is 3. The SMILES string of the molecule is CC1CC(c2cccc(N3Cc4c(cccc4C(C)(F)F)C3=O)c2)C1.Cn1cnnc1. The van der Waals surface area contributed by atoms with Gasteiger partial charge in [0, 0.05) is 30.8 Å². The van der Waals surface area contributed by atoms with Crippen LogP contribution in [-0.4, -0.2) is 20.7 Å². The Balaban J connectivity index is 0.000000334. The second-order valence-corrected chi connectivity index (χ2v) is 8.61. The number of carbonyl (C=O) groups excluding carboxylic acids is 1. The lowest BCUT2D eigenvalue weighted by Crippen LogP contribution is -2.24. The molecule has 0 N–H and O–H groups in total. The molecule has 1 saturated carbocycles. The molecule has 1 aromatic heterocycles. The van der Waals surface area contributed by atoms with E-state index in [2.05, 4.69) is 23.2 Å². The molecular formula is C24H26F2N4O. The summed E-state index contributed by atoms with van der Waals surface area (Å²) >= 11 is 0. The number of benzene rings is 2. The first-order chi connectivity index (χ1) is 14.7. The van der Waals surface area contributed by atoms with Crippen LogP contribution >= 0.6 is 0 Å². The third-order valence-corrected chi connectivity index (χ3v) is 6.00. The standard InChI is InChI=1S/C21H21F2NO.C3H5N3/c1-13-9-15(10-13)14-5-3-6-16(11-14)24-12-18-17(20(24)25)7-4-8-19(18)21(2,22)23;1-6-2-4-5-3-6/h3-8,11,13,15H,9-10,12H2,1-2H3;2-3H,1H3. The van der Waals surface area contributed by atoms with Crippen molar-refractivity contribution in [2.24, 2.45) is 13.0 Å². The van der Waals surface area contributed by atoms with Crippen molar-refractivity contribution in [3.05, 3.63) is 77.4 Å². The van der Waals surface area contributed by atoms with Gasteiger partial charge in [-0.15, -0.1) is 10.2 Å². The first-order valence-corrected chi connectivity index (χ1v) is 10.4. The number of hydrogen-bond acceptors (Lipinski definition) is 3. The maximum Gasteiger partial charge on any atom is 0.270 e. The third kappa shape index (κ3) is 4.36. The molecule has 0 spiro atoms. The van der Waals surface area contributed by atoms with Crippen LogP contribution in [0.3, 0.4) is 0 Å². The van der Waals surface area contributed by atoms with Gasteiger partial charge in [-0.25, -0.2) is 8.78 Å². The molecule has 5 rings (SSSR count). The summed E-state index contributed by atoms with van der Waals surface area (Å²) < 4.78 is 29.6. The van der Waals surface area contributed by atoms with Gasteiger partial charge >= 0.3 is 0 Å². The lowest BCUT2D eigenvalue weighted by atomic mass is 9.72. The zero-order valence-electron chi connectivity index (χ0n) is 17.9. The Kier molecular flexibility index (Phi) is 5.60. The predicted molar refractivity (Wildman–Crippen MR) is 115 cm³/mol. The monoisotopic (exact) mass is 424 g/mol. The second kappa shape index (κ2) is 8.21.